The molecule has 0 spiro atoms. The molecule has 26 heavy (non-hydrogen) atoms. The van der Waals surface area contributed by atoms with E-state index in [4.69, 9.17) is 0 Å². The maximum atomic E-state index is 12.7. The summed E-state index contributed by atoms with van der Waals surface area (Å²) in [6.07, 6.45) is 0.455. The van der Waals surface area contributed by atoms with Crippen LogP contribution in [0.5, 0.6) is 5.75 Å². The highest BCUT2D eigenvalue weighted by Crippen LogP contribution is 2.22. The summed E-state index contributed by atoms with van der Waals surface area (Å²) < 4.78 is 24.8. The largest absolute Gasteiger partial charge is 0.508 e. The van der Waals surface area contributed by atoms with E-state index in [2.05, 4.69) is 5.32 Å². The molecule has 6 nitrogen and oxygen atoms in total. The number of carbonyl (C=O) groups is 1. The molecule has 1 amide bonds. The van der Waals surface area contributed by atoms with Gasteiger partial charge in [-0.15, -0.1) is 0 Å². The van der Waals surface area contributed by atoms with Crippen molar-refractivity contribution in [1.29, 1.82) is 0 Å². The van der Waals surface area contributed by atoms with Gasteiger partial charge in [0.2, 0.25) is 15.9 Å². The maximum absolute atomic E-state index is 12.7. The first-order valence-corrected chi connectivity index (χ1v) is 9.91. The Morgan fingerprint density at radius 2 is 1.69 bits per heavy atom. The molecule has 0 bridgehead atoms. The van der Waals surface area contributed by atoms with Crippen molar-refractivity contribution in [3.63, 3.8) is 0 Å². The molecule has 0 radical (unpaired) electrons. The van der Waals surface area contributed by atoms with Crippen molar-refractivity contribution in [2.45, 2.75) is 12.3 Å². The first-order valence-electron chi connectivity index (χ1n) is 8.30. The van der Waals surface area contributed by atoms with E-state index < -0.39 is 15.9 Å². The molecule has 1 atom stereocenters. The van der Waals surface area contributed by atoms with Crippen molar-refractivity contribution in [2.75, 3.05) is 26.4 Å². The van der Waals surface area contributed by atoms with Gasteiger partial charge in [-0.05, 0) is 29.7 Å². The van der Waals surface area contributed by atoms with Crippen LogP contribution in [0.4, 0.5) is 0 Å². The number of phenols is 1. The number of hydrogen-bond donors (Lipinski definition) is 2. The predicted octanol–water partition coefficient (Wildman–Crippen LogP) is 1.73. The molecule has 0 heterocycles. The van der Waals surface area contributed by atoms with Crippen LogP contribution < -0.4 is 5.32 Å². The third-order valence-electron chi connectivity index (χ3n) is 4.11. The molecule has 2 N–H and O–H groups in total. The molecule has 0 saturated heterocycles. The van der Waals surface area contributed by atoms with E-state index in [0.717, 1.165) is 15.4 Å². The van der Waals surface area contributed by atoms with Crippen LogP contribution in [0.25, 0.3) is 0 Å². The second-order valence-corrected chi connectivity index (χ2v) is 8.53. The molecular formula is C19H24N2O4S. The molecule has 0 aromatic heterocycles. The number of nitrogens with zero attached hydrogens (tertiary/aromatic N) is 1. The zero-order valence-electron chi connectivity index (χ0n) is 14.9. The van der Waals surface area contributed by atoms with Crippen LogP contribution in [0.2, 0.25) is 0 Å². The molecule has 2 aromatic rings. The van der Waals surface area contributed by atoms with E-state index >= 15 is 0 Å². The summed E-state index contributed by atoms with van der Waals surface area (Å²) in [5.41, 5.74) is 1.77. The summed E-state index contributed by atoms with van der Waals surface area (Å²) >= 11 is 0. The number of amides is 1. The zero-order valence-corrected chi connectivity index (χ0v) is 15.7. The van der Waals surface area contributed by atoms with E-state index in [0.29, 0.717) is 6.42 Å². The second-order valence-electron chi connectivity index (χ2n) is 6.22. The van der Waals surface area contributed by atoms with E-state index in [1.807, 2.05) is 30.3 Å². The first kappa shape index (κ1) is 19.9. The van der Waals surface area contributed by atoms with Crippen LogP contribution in [0.15, 0.2) is 54.6 Å². The third-order valence-corrected chi connectivity index (χ3v) is 5.94. The van der Waals surface area contributed by atoms with Gasteiger partial charge in [-0.3, -0.25) is 4.79 Å². The van der Waals surface area contributed by atoms with Gasteiger partial charge in [0, 0.05) is 20.6 Å². The summed E-state index contributed by atoms with van der Waals surface area (Å²) in [6, 6.07) is 16.1. The van der Waals surface area contributed by atoms with Crippen molar-refractivity contribution in [1.82, 2.24) is 9.62 Å². The molecular weight excluding hydrogens is 352 g/mol. The summed E-state index contributed by atoms with van der Waals surface area (Å²) in [5, 5.41) is 12.1. The molecule has 0 aliphatic carbocycles. The van der Waals surface area contributed by atoms with Crippen molar-refractivity contribution in [3.8, 4) is 5.75 Å². The number of nitrogens with one attached hydrogen (secondary N) is 1. The van der Waals surface area contributed by atoms with Gasteiger partial charge in [0.05, 0.1) is 11.7 Å². The predicted molar refractivity (Wildman–Crippen MR) is 101 cm³/mol. The van der Waals surface area contributed by atoms with Gasteiger partial charge < -0.3 is 10.4 Å². The second kappa shape index (κ2) is 8.82. The molecule has 0 aliphatic heterocycles. The standard InChI is InChI=1S/C19H24N2O4S/c1-21(2)26(24,25)13-12-20-19(23)18(16-6-4-3-5-7-16)14-15-8-10-17(22)11-9-15/h3-11,18,22H,12-14H2,1-2H3,(H,20,23). The van der Waals surface area contributed by atoms with Gasteiger partial charge in [0.15, 0.2) is 0 Å². The number of aromatic hydroxyl groups is 1. The Morgan fingerprint density at radius 1 is 1.08 bits per heavy atom. The monoisotopic (exact) mass is 376 g/mol. The summed E-state index contributed by atoms with van der Waals surface area (Å²) in [7, 11) is -0.423. The Labute approximate surface area is 154 Å². The van der Waals surface area contributed by atoms with Gasteiger partial charge >= 0.3 is 0 Å². The minimum absolute atomic E-state index is 0.0538. The van der Waals surface area contributed by atoms with Gasteiger partial charge in [0.1, 0.15) is 5.75 Å². The van der Waals surface area contributed by atoms with Gasteiger partial charge in [0.25, 0.3) is 0 Å². The van der Waals surface area contributed by atoms with Crippen LogP contribution in [0.3, 0.4) is 0 Å². The van der Waals surface area contributed by atoms with Crippen LogP contribution in [-0.4, -0.2) is 50.1 Å². The lowest BCUT2D eigenvalue weighted by atomic mass is 9.91. The third kappa shape index (κ3) is 5.57. The zero-order chi connectivity index (χ0) is 19.2. The number of rotatable bonds is 8. The molecule has 7 heteroatoms. The Balaban J connectivity index is 2.10. The molecule has 140 valence electrons. The van der Waals surface area contributed by atoms with Crippen LogP contribution >= 0.6 is 0 Å². The van der Waals surface area contributed by atoms with Crippen molar-refractivity contribution < 1.29 is 18.3 Å². The van der Waals surface area contributed by atoms with Crippen molar-refractivity contribution in [3.05, 3.63) is 65.7 Å². The fourth-order valence-corrected chi connectivity index (χ4v) is 3.25. The molecule has 0 saturated carbocycles. The minimum Gasteiger partial charge on any atom is -0.508 e. The van der Waals surface area contributed by atoms with Crippen LogP contribution in [-0.2, 0) is 21.2 Å². The van der Waals surface area contributed by atoms with Crippen LogP contribution in [0.1, 0.15) is 17.0 Å². The number of phenolic OH excluding ortho intramolecular Hbond substituents is 1. The quantitative estimate of drug-likeness (QED) is 0.735. The Hall–Kier alpha value is -2.38. The highest BCUT2D eigenvalue weighted by molar-refractivity contribution is 7.89. The Morgan fingerprint density at radius 3 is 2.27 bits per heavy atom. The molecule has 1 unspecified atom stereocenters. The minimum atomic E-state index is -3.36. The SMILES string of the molecule is CN(C)S(=O)(=O)CCNC(=O)C(Cc1ccc(O)cc1)c1ccccc1. The molecule has 0 fully saturated rings. The number of hydrogen-bond acceptors (Lipinski definition) is 4. The highest BCUT2D eigenvalue weighted by atomic mass is 32.2. The molecule has 2 aromatic carbocycles. The van der Waals surface area contributed by atoms with Gasteiger partial charge in [-0.25, -0.2) is 12.7 Å². The summed E-state index contributed by atoms with van der Waals surface area (Å²) in [5.74, 6) is -0.642. The van der Waals surface area contributed by atoms with Crippen molar-refractivity contribution >= 4 is 15.9 Å². The summed E-state index contributed by atoms with van der Waals surface area (Å²) in [4.78, 5) is 12.7. The average molecular weight is 376 g/mol. The molecule has 0 aliphatic rings. The van der Waals surface area contributed by atoms with Gasteiger partial charge in [-0.2, -0.15) is 0 Å². The fourth-order valence-electron chi connectivity index (χ4n) is 2.52. The van der Waals surface area contributed by atoms with E-state index in [1.165, 1.54) is 14.1 Å². The lowest BCUT2D eigenvalue weighted by molar-refractivity contribution is -0.122. The summed E-state index contributed by atoms with van der Waals surface area (Å²) in [6.45, 7) is 0.0538. The topological polar surface area (TPSA) is 86.7 Å². The van der Waals surface area contributed by atoms with E-state index in [9.17, 15) is 18.3 Å². The van der Waals surface area contributed by atoms with Gasteiger partial charge in [-0.1, -0.05) is 42.5 Å². The fraction of sp³-hybridized carbons (Fsp3) is 0.316. The van der Waals surface area contributed by atoms with E-state index in [-0.39, 0.29) is 24.0 Å². The van der Waals surface area contributed by atoms with Crippen molar-refractivity contribution in [2.24, 2.45) is 0 Å². The number of carbonyl (C=O) groups excluding carboxylic acids is 1. The Bertz CT molecular complexity index is 818. The van der Waals surface area contributed by atoms with Crippen LogP contribution in [0, 0.1) is 0 Å². The number of sulfonamides is 1. The smallest absolute Gasteiger partial charge is 0.227 e. The number of benzene rings is 2. The maximum Gasteiger partial charge on any atom is 0.227 e. The first-order chi connectivity index (χ1) is 12.3. The van der Waals surface area contributed by atoms with E-state index in [1.54, 1.807) is 24.3 Å². The normalized spacial score (nSPS) is 12.7. The average Bonchev–Trinajstić information content (AvgIpc) is 2.61. The highest BCUT2D eigenvalue weighted by Gasteiger charge is 2.22. The molecule has 2 rings (SSSR count). The lowest BCUT2D eigenvalue weighted by Crippen LogP contribution is -2.36. The Kier molecular flexibility index (Phi) is 6.76. The lowest BCUT2D eigenvalue weighted by Gasteiger charge is -2.18.